The van der Waals surface area contributed by atoms with Crippen LogP contribution in [0.1, 0.15) is 12.8 Å². The van der Waals surface area contributed by atoms with E-state index in [4.69, 9.17) is 0 Å². The molecule has 2 fully saturated rings. The van der Waals surface area contributed by atoms with Crippen molar-refractivity contribution in [3.63, 3.8) is 0 Å². The van der Waals surface area contributed by atoms with Gasteiger partial charge in [-0.05, 0) is 19.9 Å². The second kappa shape index (κ2) is 2.96. The summed E-state index contributed by atoms with van der Waals surface area (Å²) in [5, 5.41) is 3.63. The van der Waals surface area contributed by atoms with Crippen LogP contribution in [0.15, 0.2) is 0 Å². The zero-order valence-corrected chi connectivity index (χ0v) is 7.91. The molecule has 0 unspecified atom stereocenters. The Hall–Kier alpha value is 0.270. The number of nitrogens with one attached hydrogen (secondary N) is 1. The lowest BCUT2D eigenvalue weighted by Crippen LogP contribution is -2.47. The Kier molecular flexibility index (Phi) is 2.12. The Bertz CT molecular complexity index is 133. The van der Waals surface area contributed by atoms with Gasteiger partial charge in [-0.3, -0.25) is 0 Å². The molecule has 64 valence electrons. The number of rotatable bonds is 0. The van der Waals surface area contributed by atoms with E-state index in [0.29, 0.717) is 4.87 Å². The molecule has 0 radical (unpaired) electrons. The molecule has 2 nitrogen and oxygen atoms in total. The Morgan fingerprint density at radius 3 is 2.64 bits per heavy atom. The largest absolute Gasteiger partial charge is 0.306 e. The predicted octanol–water partition coefficient (Wildman–Crippen LogP) is 0.745. The van der Waals surface area contributed by atoms with Crippen molar-refractivity contribution in [2.45, 2.75) is 17.7 Å². The van der Waals surface area contributed by atoms with Gasteiger partial charge in [0.25, 0.3) is 0 Å². The molecule has 2 rings (SSSR count). The lowest BCUT2D eigenvalue weighted by Gasteiger charge is -2.37. The third-order valence-electron chi connectivity index (χ3n) is 2.72. The van der Waals surface area contributed by atoms with Crippen molar-refractivity contribution < 1.29 is 0 Å². The third kappa shape index (κ3) is 1.55. The van der Waals surface area contributed by atoms with E-state index in [1.54, 1.807) is 0 Å². The Balaban J connectivity index is 1.94. The maximum Gasteiger partial charge on any atom is 0.0670 e. The third-order valence-corrected chi connectivity index (χ3v) is 4.24. The van der Waals surface area contributed by atoms with Gasteiger partial charge >= 0.3 is 0 Å². The molecular formula is C8H16N2S. The zero-order chi connectivity index (χ0) is 7.73. The average Bonchev–Trinajstić information content (AvgIpc) is 2.45. The second-order valence-electron chi connectivity index (χ2n) is 3.57. The number of nitrogens with zero attached hydrogens (tertiary/aromatic N) is 1. The maximum absolute atomic E-state index is 3.63. The van der Waals surface area contributed by atoms with Crippen LogP contribution in [0.2, 0.25) is 0 Å². The molecule has 0 bridgehead atoms. The van der Waals surface area contributed by atoms with Gasteiger partial charge in [-0.25, -0.2) is 0 Å². The molecule has 2 heterocycles. The van der Waals surface area contributed by atoms with Crippen LogP contribution in [-0.2, 0) is 0 Å². The van der Waals surface area contributed by atoms with E-state index < -0.39 is 0 Å². The molecule has 0 aromatic heterocycles. The minimum Gasteiger partial charge on any atom is -0.306 e. The zero-order valence-electron chi connectivity index (χ0n) is 7.10. The van der Waals surface area contributed by atoms with Gasteiger partial charge in [-0.2, -0.15) is 0 Å². The van der Waals surface area contributed by atoms with Crippen molar-refractivity contribution in [2.24, 2.45) is 0 Å². The first-order valence-electron chi connectivity index (χ1n) is 4.38. The average molecular weight is 172 g/mol. The second-order valence-corrected chi connectivity index (χ2v) is 5.05. The first kappa shape index (κ1) is 7.90. The molecule has 11 heavy (non-hydrogen) atoms. The molecule has 1 spiro atoms. The van der Waals surface area contributed by atoms with E-state index in [-0.39, 0.29) is 0 Å². The van der Waals surface area contributed by atoms with Gasteiger partial charge in [0.2, 0.25) is 0 Å². The maximum atomic E-state index is 3.63. The van der Waals surface area contributed by atoms with Gasteiger partial charge in [0, 0.05) is 25.4 Å². The molecule has 2 saturated heterocycles. The molecule has 0 aromatic rings. The van der Waals surface area contributed by atoms with E-state index in [0.717, 1.165) is 0 Å². The highest BCUT2D eigenvalue weighted by Gasteiger charge is 2.36. The van der Waals surface area contributed by atoms with Crippen molar-refractivity contribution >= 4 is 11.8 Å². The number of piperidine rings is 1. The van der Waals surface area contributed by atoms with Crippen molar-refractivity contribution in [1.82, 2.24) is 10.2 Å². The standard InChI is InChI=1S/C8H16N2S/c1-10-5-2-8(3-6-10)9-4-7-11-8/h9H,2-7H2,1H3. The first-order valence-corrected chi connectivity index (χ1v) is 5.37. The molecular weight excluding hydrogens is 156 g/mol. The molecule has 3 heteroatoms. The summed E-state index contributed by atoms with van der Waals surface area (Å²) in [6, 6.07) is 0. The summed E-state index contributed by atoms with van der Waals surface area (Å²) < 4.78 is 0. The van der Waals surface area contributed by atoms with Gasteiger partial charge < -0.3 is 10.2 Å². The van der Waals surface area contributed by atoms with Crippen LogP contribution in [0.5, 0.6) is 0 Å². The van der Waals surface area contributed by atoms with Gasteiger partial charge in [-0.15, -0.1) is 11.8 Å². The summed E-state index contributed by atoms with van der Waals surface area (Å²) in [6.07, 6.45) is 2.66. The van der Waals surface area contributed by atoms with Gasteiger partial charge in [0.1, 0.15) is 0 Å². The molecule has 0 saturated carbocycles. The number of hydrogen-bond donors (Lipinski definition) is 1. The summed E-state index contributed by atoms with van der Waals surface area (Å²) in [4.78, 5) is 2.90. The monoisotopic (exact) mass is 172 g/mol. The molecule has 0 aliphatic carbocycles. The van der Waals surface area contributed by atoms with Crippen LogP contribution in [0.3, 0.4) is 0 Å². The Labute approximate surface area is 72.7 Å². The lowest BCUT2D eigenvalue weighted by atomic mass is 10.1. The van der Waals surface area contributed by atoms with E-state index in [9.17, 15) is 0 Å². The van der Waals surface area contributed by atoms with E-state index >= 15 is 0 Å². The quantitative estimate of drug-likeness (QED) is 0.580. The lowest BCUT2D eigenvalue weighted by molar-refractivity contribution is 0.224. The van der Waals surface area contributed by atoms with Crippen molar-refractivity contribution in [2.75, 3.05) is 32.4 Å². The Morgan fingerprint density at radius 1 is 1.36 bits per heavy atom. The summed E-state index contributed by atoms with van der Waals surface area (Å²) in [5.41, 5.74) is 0. The van der Waals surface area contributed by atoms with Crippen molar-refractivity contribution in [3.8, 4) is 0 Å². The highest BCUT2D eigenvalue weighted by molar-refractivity contribution is 8.00. The van der Waals surface area contributed by atoms with Gasteiger partial charge in [-0.1, -0.05) is 0 Å². The molecule has 0 amide bonds. The van der Waals surface area contributed by atoms with Crippen LogP contribution in [0, 0.1) is 0 Å². The highest BCUT2D eigenvalue weighted by atomic mass is 32.2. The van der Waals surface area contributed by atoms with E-state index in [1.165, 1.54) is 38.2 Å². The summed E-state index contributed by atoms with van der Waals surface area (Å²) in [7, 11) is 2.21. The SMILES string of the molecule is CN1CCC2(CC1)NCCS2. The summed E-state index contributed by atoms with van der Waals surface area (Å²) in [6.45, 7) is 3.74. The number of likely N-dealkylation sites (tertiary alicyclic amines) is 1. The topological polar surface area (TPSA) is 15.3 Å². The molecule has 0 atom stereocenters. The van der Waals surface area contributed by atoms with Crippen LogP contribution >= 0.6 is 11.8 Å². The number of thioether (sulfide) groups is 1. The summed E-state index contributed by atoms with van der Waals surface area (Å²) in [5.74, 6) is 1.31. The molecule has 1 N–H and O–H groups in total. The van der Waals surface area contributed by atoms with Crippen molar-refractivity contribution in [1.29, 1.82) is 0 Å². The highest BCUT2D eigenvalue weighted by Crippen LogP contribution is 2.36. The summed E-state index contributed by atoms with van der Waals surface area (Å²) >= 11 is 2.13. The van der Waals surface area contributed by atoms with Gasteiger partial charge in [0.15, 0.2) is 0 Å². The molecule has 2 aliphatic rings. The van der Waals surface area contributed by atoms with Crippen LogP contribution < -0.4 is 5.32 Å². The molecule has 2 aliphatic heterocycles. The Morgan fingerprint density at radius 2 is 2.09 bits per heavy atom. The van der Waals surface area contributed by atoms with E-state index in [1.807, 2.05) is 0 Å². The van der Waals surface area contributed by atoms with Gasteiger partial charge in [0.05, 0.1) is 4.87 Å². The predicted molar refractivity (Wildman–Crippen MR) is 49.9 cm³/mol. The fourth-order valence-corrected chi connectivity index (χ4v) is 3.15. The minimum atomic E-state index is 0.479. The normalized spacial score (nSPS) is 31.4. The molecule has 0 aromatic carbocycles. The van der Waals surface area contributed by atoms with E-state index in [2.05, 4.69) is 29.0 Å². The minimum absolute atomic E-state index is 0.479. The fraction of sp³-hybridized carbons (Fsp3) is 1.00. The van der Waals surface area contributed by atoms with Crippen LogP contribution in [0.25, 0.3) is 0 Å². The first-order chi connectivity index (χ1) is 5.31. The fourth-order valence-electron chi connectivity index (χ4n) is 1.88. The number of hydrogen-bond acceptors (Lipinski definition) is 3. The van der Waals surface area contributed by atoms with Crippen LogP contribution in [0.4, 0.5) is 0 Å². The van der Waals surface area contributed by atoms with Crippen LogP contribution in [-0.4, -0.2) is 42.2 Å². The van der Waals surface area contributed by atoms with Crippen molar-refractivity contribution in [3.05, 3.63) is 0 Å². The smallest absolute Gasteiger partial charge is 0.0670 e.